The molecule has 0 saturated heterocycles. The molecule has 0 bridgehead atoms. The number of methoxy groups -OCH3 is 1. The van der Waals surface area contributed by atoms with Crippen LogP contribution < -0.4 is 10.6 Å². The molecule has 0 aliphatic rings. The minimum atomic E-state index is 0.623. The predicted molar refractivity (Wildman–Crippen MR) is 71.7 cm³/mol. The predicted octanol–water partition coefficient (Wildman–Crippen LogP) is 1.22. The maximum atomic E-state index is 9.10. The molecular formula is C13H20N4O. The third-order valence-electron chi connectivity index (χ3n) is 2.54. The lowest BCUT2D eigenvalue weighted by Crippen LogP contribution is -2.25. The first-order valence-electron chi connectivity index (χ1n) is 6.01. The quantitative estimate of drug-likeness (QED) is 0.710. The zero-order valence-corrected chi connectivity index (χ0v) is 11.2. The van der Waals surface area contributed by atoms with Gasteiger partial charge in [0.2, 0.25) is 0 Å². The fourth-order valence-corrected chi connectivity index (χ4v) is 1.69. The number of nitriles is 1. The number of ether oxygens (including phenoxy) is 1. The smallest absolute Gasteiger partial charge is 0.103 e. The molecule has 1 heterocycles. The fourth-order valence-electron chi connectivity index (χ4n) is 1.69. The first kappa shape index (κ1) is 14.4. The molecule has 0 atom stereocenters. The fraction of sp³-hybridized carbons (Fsp3) is 0.538. The molecule has 0 spiro atoms. The third-order valence-corrected chi connectivity index (χ3v) is 2.54. The molecule has 5 nitrogen and oxygen atoms in total. The Morgan fingerprint density at radius 3 is 2.78 bits per heavy atom. The van der Waals surface area contributed by atoms with Crippen LogP contribution >= 0.6 is 0 Å². The maximum Gasteiger partial charge on any atom is 0.103 e. The number of aromatic nitrogens is 1. The number of rotatable bonds is 7. The molecule has 0 fully saturated rings. The second-order valence-electron chi connectivity index (χ2n) is 4.05. The summed E-state index contributed by atoms with van der Waals surface area (Å²) in [4.78, 5) is 4.28. The lowest BCUT2D eigenvalue weighted by atomic mass is 10.1. The topological polar surface area (TPSA) is 70.0 Å². The number of anilines is 1. The van der Waals surface area contributed by atoms with Crippen LogP contribution in [0.15, 0.2) is 6.07 Å². The van der Waals surface area contributed by atoms with E-state index in [0.29, 0.717) is 12.2 Å². The summed E-state index contributed by atoms with van der Waals surface area (Å²) in [5.74, 6) is 0. The Balaban J connectivity index is 2.49. The van der Waals surface area contributed by atoms with Crippen LogP contribution in [0.25, 0.3) is 0 Å². The largest absolute Gasteiger partial charge is 0.383 e. The second-order valence-corrected chi connectivity index (χ2v) is 4.05. The molecule has 5 heteroatoms. The number of aryl methyl sites for hydroxylation is 2. The maximum absolute atomic E-state index is 9.10. The van der Waals surface area contributed by atoms with Gasteiger partial charge < -0.3 is 15.4 Å². The number of pyridine rings is 1. The molecule has 98 valence electrons. The number of nitrogens with one attached hydrogen (secondary N) is 2. The van der Waals surface area contributed by atoms with Crippen LogP contribution in [0.5, 0.6) is 0 Å². The van der Waals surface area contributed by atoms with Crippen molar-refractivity contribution in [3.8, 4) is 6.07 Å². The zero-order chi connectivity index (χ0) is 13.4. The van der Waals surface area contributed by atoms with Crippen molar-refractivity contribution in [1.82, 2.24) is 10.3 Å². The molecular weight excluding hydrogens is 228 g/mol. The second kappa shape index (κ2) is 7.64. The van der Waals surface area contributed by atoms with E-state index >= 15 is 0 Å². The molecule has 1 aromatic heterocycles. The van der Waals surface area contributed by atoms with Crippen LogP contribution in [-0.4, -0.2) is 38.3 Å². The summed E-state index contributed by atoms with van der Waals surface area (Å²) in [6, 6.07) is 4.09. The van der Waals surface area contributed by atoms with E-state index in [4.69, 9.17) is 10.00 Å². The standard InChI is InChI=1S/C13H20N4O/c1-10-8-13(12(9-14)11(2)17-10)16-5-4-15-6-7-18-3/h8,15H,4-7H2,1-3H3,(H,16,17). The van der Waals surface area contributed by atoms with E-state index in [2.05, 4.69) is 21.7 Å². The Morgan fingerprint density at radius 1 is 1.33 bits per heavy atom. The van der Waals surface area contributed by atoms with Gasteiger partial charge in [0.1, 0.15) is 6.07 Å². The molecule has 18 heavy (non-hydrogen) atoms. The van der Waals surface area contributed by atoms with E-state index in [1.807, 2.05) is 19.9 Å². The average Bonchev–Trinajstić information content (AvgIpc) is 2.33. The number of nitrogens with zero attached hydrogens (tertiary/aromatic N) is 2. The molecule has 0 unspecified atom stereocenters. The van der Waals surface area contributed by atoms with E-state index in [1.54, 1.807) is 7.11 Å². The highest BCUT2D eigenvalue weighted by atomic mass is 16.5. The summed E-state index contributed by atoms with van der Waals surface area (Å²) >= 11 is 0. The highest BCUT2D eigenvalue weighted by Gasteiger charge is 2.06. The van der Waals surface area contributed by atoms with E-state index in [9.17, 15) is 0 Å². The van der Waals surface area contributed by atoms with Gasteiger partial charge in [-0.05, 0) is 19.9 Å². The van der Waals surface area contributed by atoms with Crippen molar-refractivity contribution in [2.75, 3.05) is 38.7 Å². The van der Waals surface area contributed by atoms with E-state index in [1.165, 1.54) is 0 Å². The SMILES string of the molecule is COCCNCCNc1cc(C)nc(C)c1C#N. The summed E-state index contributed by atoms with van der Waals surface area (Å²) in [5.41, 5.74) is 3.17. The Morgan fingerprint density at radius 2 is 2.11 bits per heavy atom. The third kappa shape index (κ3) is 4.32. The van der Waals surface area contributed by atoms with Gasteiger partial charge in [-0.15, -0.1) is 0 Å². The van der Waals surface area contributed by atoms with Gasteiger partial charge in [0.05, 0.1) is 23.6 Å². The summed E-state index contributed by atoms with van der Waals surface area (Å²) in [7, 11) is 1.68. The lowest BCUT2D eigenvalue weighted by molar-refractivity contribution is 0.200. The van der Waals surface area contributed by atoms with Gasteiger partial charge in [0, 0.05) is 32.4 Å². The monoisotopic (exact) mass is 248 g/mol. The summed E-state index contributed by atoms with van der Waals surface area (Å²) in [6.45, 7) is 6.91. The Bertz CT molecular complexity index is 426. The van der Waals surface area contributed by atoms with Gasteiger partial charge >= 0.3 is 0 Å². The first-order valence-corrected chi connectivity index (χ1v) is 6.01. The molecule has 1 aromatic rings. The highest BCUT2D eigenvalue weighted by molar-refractivity contribution is 5.59. The van der Waals surface area contributed by atoms with E-state index in [-0.39, 0.29) is 0 Å². The van der Waals surface area contributed by atoms with Crippen LogP contribution in [0, 0.1) is 25.2 Å². The molecule has 0 radical (unpaired) electrons. The Labute approximate surface area is 108 Å². The summed E-state index contributed by atoms with van der Waals surface area (Å²) < 4.78 is 4.94. The molecule has 0 amide bonds. The number of hydrogen-bond acceptors (Lipinski definition) is 5. The molecule has 0 saturated carbocycles. The van der Waals surface area contributed by atoms with Crippen LogP contribution in [-0.2, 0) is 4.74 Å². The van der Waals surface area contributed by atoms with Crippen molar-refractivity contribution in [3.63, 3.8) is 0 Å². The minimum Gasteiger partial charge on any atom is -0.383 e. The van der Waals surface area contributed by atoms with Crippen molar-refractivity contribution in [2.45, 2.75) is 13.8 Å². The molecule has 2 N–H and O–H groups in total. The highest BCUT2D eigenvalue weighted by Crippen LogP contribution is 2.18. The van der Waals surface area contributed by atoms with E-state index in [0.717, 1.165) is 36.7 Å². The Kier molecular flexibility index (Phi) is 6.12. The van der Waals surface area contributed by atoms with Gasteiger partial charge in [0.25, 0.3) is 0 Å². The van der Waals surface area contributed by atoms with Crippen LogP contribution in [0.3, 0.4) is 0 Å². The zero-order valence-electron chi connectivity index (χ0n) is 11.2. The molecule has 0 aliphatic heterocycles. The first-order chi connectivity index (χ1) is 8.69. The van der Waals surface area contributed by atoms with Crippen LogP contribution in [0.2, 0.25) is 0 Å². The van der Waals surface area contributed by atoms with Crippen molar-refractivity contribution in [1.29, 1.82) is 5.26 Å². The van der Waals surface area contributed by atoms with Gasteiger partial charge in [0.15, 0.2) is 0 Å². The van der Waals surface area contributed by atoms with Gasteiger partial charge in [-0.1, -0.05) is 0 Å². The minimum absolute atomic E-state index is 0.623. The van der Waals surface area contributed by atoms with Crippen molar-refractivity contribution < 1.29 is 4.74 Å². The van der Waals surface area contributed by atoms with Gasteiger partial charge in [-0.2, -0.15) is 5.26 Å². The van der Waals surface area contributed by atoms with Crippen LogP contribution in [0.1, 0.15) is 17.0 Å². The van der Waals surface area contributed by atoms with Crippen LogP contribution in [0.4, 0.5) is 5.69 Å². The summed E-state index contributed by atoms with van der Waals surface area (Å²) in [6.07, 6.45) is 0. The normalized spacial score (nSPS) is 10.1. The van der Waals surface area contributed by atoms with Crippen molar-refractivity contribution in [2.24, 2.45) is 0 Å². The van der Waals surface area contributed by atoms with Crippen molar-refractivity contribution in [3.05, 3.63) is 23.0 Å². The van der Waals surface area contributed by atoms with Gasteiger partial charge in [-0.25, -0.2) is 0 Å². The average molecular weight is 248 g/mol. The molecule has 0 aliphatic carbocycles. The lowest BCUT2D eigenvalue weighted by Gasteiger charge is -2.11. The Hall–Kier alpha value is -1.64. The van der Waals surface area contributed by atoms with E-state index < -0.39 is 0 Å². The number of hydrogen-bond donors (Lipinski definition) is 2. The van der Waals surface area contributed by atoms with Gasteiger partial charge in [-0.3, -0.25) is 4.98 Å². The molecule has 1 rings (SSSR count). The molecule has 0 aromatic carbocycles. The van der Waals surface area contributed by atoms with Crippen molar-refractivity contribution >= 4 is 5.69 Å². The summed E-state index contributed by atoms with van der Waals surface area (Å²) in [5, 5.41) is 15.6.